The van der Waals surface area contributed by atoms with Gasteiger partial charge >= 0.3 is 12.6 Å². The van der Waals surface area contributed by atoms with E-state index in [4.69, 9.17) is 4.74 Å². The molecule has 0 fully saturated rings. The van der Waals surface area contributed by atoms with Crippen LogP contribution in [0.25, 0.3) is 0 Å². The van der Waals surface area contributed by atoms with E-state index in [9.17, 15) is 18.4 Å². The number of carbonyl (C=O) groups is 2. The van der Waals surface area contributed by atoms with Crippen LogP contribution in [0.5, 0.6) is 5.75 Å². The minimum absolute atomic E-state index is 0.0579. The molecule has 0 saturated carbocycles. The van der Waals surface area contributed by atoms with Crippen molar-refractivity contribution in [2.45, 2.75) is 11.5 Å². The van der Waals surface area contributed by atoms with Crippen molar-refractivity contribution in [2.75, 3.05) is 17.7 Å². The normalized spacial score (nSPS) is 10.4. The fraction of sp³-hybridized carbons (Fsp3) is 0.176. The monoisotopic (exact) mass is 367 g/mol. The quantitative estimate of drug-likeness (QED) is 0.571. The highest BCUT2D eigenvalue weighted by molar-refractivity contribution is 8.00. The van der Waals surface area contributed by atoms with Gasteiger partial charge in [-0.05, 0) is 24.3 Å². The maximum atomic E-state index is 12.3. The molecule has 0 aromatic heterocycles. The number of para-hydroxylation sites is 2. The number of nitrogens with one attached hydrogen (secondary N) is 1. The van der Waals surface area contributed by atoms with E-state index in [0.717, 1.165) is 4.90 Å². The first-order valence-corrected chi connectivity index (χ1v) is 8.20. The van der Waals surface area contributed by atoms with Crippen LogP contribution in [0.1, 0.15) is 0 Å². The number of thioether (sulfide) groups is 1. The van der Waals surface area contributed by atoms with Crippen LogP contribution in [-0.4, -0.2) is 30.8 Å². The summed E-state index contributed by atoms with van der Waals surface area (Å²) < 4.78 is 33.8. The van der Waals surface area contributed by atoms with Crippen LogP contribution in [0.15, 0.2) is 59.5 Å². The van der Waals surface area contributed by atoms with E-state index in [-0.39, 0.29) is 17.2 Å². The van der Waals surface area contributed by atoms with Crippen LogP contribution in [-0.2, 0) is 14.3 Å². The number of hydrogen-bond donors (Lipinski definition) is 1. The Bertz CT molecular complexity index is 713. The molecule has 0 spiro atoms. The van der Waals surface area contributed by atoms with Gasteiger partial charge in [0, 0.05) is 4.90 Å². The third-order valence-corrected chi connectivity index (χ3v) is 3.83. The summed E-state index contributed by atoms with van der Waals surface area (Å²) in [5.74, 6) is -1.32. The van der Waals surface area contributed by atoms with Crippen molar-refractivity contribution in [1.29, 1.82) is 0 Å². The van der Waals surface area contributed by atoms with Crippen molar-refractivity contribution in [3.8, 4) is 5.75 Å². The molecule has 0 radical (unpaired) electrons. The number of amides is 1. The zero-order chi connectivity index (χ0) is 18.1. The first-order valence-electron chi connectivity index (χ1n) is 7.22. The van der Waals surface area contributed by atoms with E-state index in [0.29, 0.717) is 0 Å². The standard InChI is InChI=1S/C17H15F2NO4S/c18-17(19)24-14-9-5-4-8-13(14)20-15(21)10-23-16(22)11-25-12-6-2-1-3-7-12/h1-9,17H,10-11H2,(H,20,21). The molecule has 0 saturated heterocycles. The molecule has 2 aromatic carbocycles. The minimum atomic E-state index is -3.01. The van der Waals surface area contributed by atoms with Crippen molar-refractivity contribution in [3.05, 3.63) is 54.6 Å². The summed E-state index contributed by atoms with van der Waals surface area (Å²) in [4.78, 5) is 24.3. The summed E-state index contributed by atoms with van der Waals surface area (Å²) in [6.45, 7) is -3.53. The van der Waals surface area contributed by atoms with Crippen molar-refractivity contribution in [1.82, 2.24) is 0 Å². The molecule has 0 aliphatic carbocycles. The molecule has 0 unspecified atom stereocenters. The van der Waals surface area contributed by atoms with Crippen molar-refractivity contribution < 1.29 is 27.8 Å². The van der Waals surface area contributed by atoms with Gasteiger partial charge in [-0.3, -0.25) is 9.59 Å². The van der Waals surface area contributed by atoms with Crippen LogP contribution in [0, 0.1) is 0 Å². The Morgan fingerprint density at radius 3 is 2.44 bits per heavy atom. The fourth-order valence-corrected chi connectivity index (χ4v) is 2.52. The number of hydrogen-bond acceptors (Lipinski definition) is 5. The van der Waals surface area contributed by atoms with Gasteiger partial charge in [0.2, 0.25) is 0 Å². The topological polar surface area (TPSA) is 64.6 Å². The molecular formula is C17H15F2NO4S. The minimum Gasteiger partial charge on any atom is -0.455 e. The van der Waals surface area contributed by atoms with Crippen LogP contribution < -0.4 is 10.1 Å². The summed E-state index contributed by atoms with van der Waals surface area (Å²) in [5, 5.41) is 2.36. The fourth-order valence-electron chi connectivity index (χ4n) is 1.80. The number of benzene rings is 2. The molecule has 2 aromatic rings. The Morgan fingerprint density at radius 1 is 1.04 bits per heavy atom. The smallest absolute Gasteiger partial charge is 0.387 e. The first kappa shape index (κ1) is 18.7. The van der Waals surface area contributed by atoms with Gasteiger partial charge in [-0.2, -0.15) is 8.78 Å². The summed E-state index contributed by atoms with van der Waals surface area (Å²) in [6, 6.07) is 15.0. The molecule has 2 rings (SSSR count). The Kier molecular flexibility index (Phi) is 7.21. The van der Waals surface area contributed by atoms with Gasteiger partial charge in [-0.25, -0.2) is 0 Å². The van der Waals surface area contributed by atoms with E-state index in [1.54, 1.807) is 6.07 Å². The average molecular weight is 367 g/mol. The highest BCUT2D eigenvalue weighted by Crippen LogP contribution is 2.25. The van der Waals surface area contributed by atoms with E-state index in [1.165, 1.54) is 30.0 Å². The Labute approximate surface area is 147 Å². The molecule has 1 N–H and O–H groups in total. The van der Waals surface area contributed by atoms with E-state index in [2.05, 4.69) is 10.1 Å². The van der Waals surface area contributed by atoms with Crippen molar-refractivity contribution in [3.63, 3.8) is 0 Å². The molecule has 5 nitrogen and oxygen atoms in total. The van der Waals surface area contributed by atoms with Gasteiger partial charge in [-0.15, -0.1) is 11.8 Å². The Balaban J connectivity index is 1.78. The maximum absolute atomic E-state index is 12.3. The van der Waals surface area contributed by atoms with Crippen LogP contribution >= 0.6 is 11.8 Å². The van der Waals surface area contributed by atoms with Crippen molar-refractivity contribution in [2.24, 2.45) is 0 Å². The van der Waals surface area contributed by atoms with E-state index < -0.39 is 25.1 Å². The lowest BCUT2D eigenvalue weighted by atomic mass is 10.3. The molecule has 0 heterocycles. The molecule has 1 amide bonds. The second kappa shape index (κ2) is 9.63. The Morgan fingerprint density at radius 2 is 1.72 bits per heavy atom. The molecule has 0 aliphatic heterocycles. The van der Waals surface area contributed by atoms with Gasteiger partial charge in [0.25, 0.3) is 5.91 Å². The number of anilines is 1. The number of alkyl halides is 2. The molecule has 0 bridgehead atoms. The predicted octanol–water partition coefficient (Wildman–Crippen LogP) is 3.56. The lowest BCUT2D eigenvalue weighted by molar-refractivity contribution is -0.144. The largest absolute Gasteiger partial charge is 0.455 e. The molecule has 0 atom stereocenters. The third kappa shape index (κ3) is 6.80. The summed E-state index contributed by atoms with van der Waals surface area (Å²) in [7, 11) is 0. The lowest BCUT2D eigenvalue weighted by Gasteiger charge is -2.11. The lowest BCUT2D eigenvalue weighted by Crippen LogP contribution is -2.22. The second-order valence-corrected chi connectivity index (χ2v) is 5.73. The number of esters is 1. The van der Waals surface area contributed by atoms with E-state index in [1.807, 2.05) is 30.3 Å². The predicted molar refractivity (Wildman–Crippen MR) is 89.8 cm³/mol. The van der Waals surface area contributed by atoms with Crippen LogP contribution in [0.2, 0.25) is 0 Å². The second-order valence-electron chi connectivity index (χ2n) is 4.69. The van der Waals surface area contributed by atoms with Gasteiger partial charge in [0.05, 0.1) is 11.4 Å². The molecular weight excluding hydrogens is 352 g/mol. The van der Waals surface area contributed by atoms with E-state index >= 15 is 0 Å². The number of ether oxygens (including phenoxy) is 2. The van der Waals surface area contributed by atoms with Crippen molar-refractivity contribution >= 4 is 29.3 Å². The van der Waals surface area contributed by atoms with Crippen LogP contribution in [0.3, 0.4) is 0 Å². The molecule has 132 valence electrons. The summed E-state index contributed by atoms with van der Waals surface area (Å²) in [6.07, 6.45) is 0. The summed E-state index contributed by atoms with van der Waals surface area (Å²) >= 11 is 1.28. The summed E-state index contributed by atoms with van der Waals surface area (Å²) in [5.41, 5.74) is 0.0718. The van der Waals surface area contributed by atoms with Gasteiger partial charge < -0.3 is 14.8 Å². The van der Waals surface area contributed by atoms with Gasteiger partial charge in [0.15, 0.2) is 6.61 Å². The number of carbonyl (C=O) groups excluding carboxylic acids is 2. The number of halogens is 2. The first-order chi connectivity index (χ1) is 12.0. The molecule has 8 heteroatoms. The zero-order valence-corrected chi connectivity index (χ0v) is 13.8. The number of rotatable bonds is 8. The Hall–Kier alpha value is -2.61. The van der Waals surface area contributed by atoms with Gasteiger partial charge in [0.1, 0.15) is 5.75 Å². The molecule has 25 heavy (non-hydrogen) atoms. The zero-order valence-electron chi connectivity index (χ0n) is 13.0. The SMILES string of the molecule is O=C(COC(=O)CSc1ccccc1)Nc1ccccc1OC(F)F. The third-order valence-electron chi connectivity index (χ3n) is 2.84. The van der Waals surface area contributed by atoms with Gasteiger partial charge in [-0.1, -0.05) is 30.3 Å². The highest BCUT2D eigenvalue weighted by atomic mass is 32.2. The molecule has 0 aliphatic rings. The average Bonchev–Trinajstić information content (AvgIpc) is 2.60. The van der Waals surface area contributed by atoms with Crippen LogP contribution in [0.4, 0.5) is 14.5 Å². The maximum Gasteiger partial charge on any atom is 0.387 e. The highest BCUT2D eigenvalue weighted by Gasteiger charge is 2.13.